The Hall–Kier alpha value is -2.27. The van der Waals surface area contributed by atoms with Crippen molar-refractivity contribution in [3.8, 4) is 0 Å². The monoisotopic (exact) mass is 465 g/mol. The Morgan fingerprint density at radius 3 is 2.41 bits per heavy atom. The van der Waals surface area contributed by atoms with Crippen LogP contribution in [0.15, 0.2) is 34.1 Å². The van der Waals surface area contributed by atoms with Crippen LogP contribution < -0.4 is 10.7 Å². The van der Waals surface area contributed by atoms with Gasteiger partial charge in [0.2, 0.25) is 15.5 Å². The maximum atomic E-state index is 13.3. The van der Waals surface area contributed by atoms with E-state index in [1.807, 2.05) is 13.8 Å². The van der Waals surface area contributed by atoms with Crippen molar-refractivity contribution < 1.29 is 22.7 Å². The molecule has 2 heterocycles. The maximum Gasteiger partial charge on any atom is 0.256 e. The van der Waals surface area contributed by atoms with Gasteiger partial charge in [0.25, 0.3) is 5.91 Å². The summed E-state index contributed by atoms with van der Waals surface area (Å²) in [4.78, 5) is 25.8. The molecule has 0 aliphatic carbocycles. The Kier molecular flexibility index (Phi) is 7.39. The van der Waals surface area contributed by atoms with Crippen LogP contribution >= 0.6 is 0 Å². The van der Waals surface area contributed by atoms with E-state index >= 15 is 0 Å². The van der Waals surface area contributed by atoms with Crippen LogP contribution in [0.5, 0.6) is 0 Å². The van der Waals surface area contributed by atoms with E-state index in [0.717, 1.165) is 6.42 Å². The van der Waals surface area contributed by atoms with Crippen LogP contribution in [0.2, 0.25) is 0 Å². The molecule has 1 N–H and O–H groups in total. The topological polar surface area (TPSA) is 107 Å². The number of pyridine rings is 1. The molecule has 1 fully saturated rings. The smallest absolute Gasteiger partial charge is 0.256 e. The normalized spacial score (nSPS) is 20.1. The van der Waals surface area contributed by atoms with Gasteiger partial charge >= 0.3 is 0 Å². The first kappa shape index (κ1) is 24.4. The second-order valence-corrected chi connectivity index (χ2v) is 10.5. The van der Waals surface area contributed by atoms with E-state index in [2.05, 4.69) is 5.32 Å². The van der Waals surface area contributed by atoms with Gasteiger partial charge in [0.05, 0.1) is 17.0 Å². The number of ether oxygens (including phenoxy) is 2. The summed E-state index contributed by atoms with van der Waals surface area (Å²) in [7, 11) is 0.835. The number of benzene rings is 1. The number of carbonyl (C=O) groups excluding carboxylic acids is 1. The van der Waals surface area contributed by atoms with Crippen molar-refractivity contribution in [2.75, 3.05) is 33.9 Å². The first-order chi connectivity index (χ1) is 15.1. The van der Waals surface area contributed by atoms with E-state index in [9.17, 15) is 18.0 Å². The fraction of sp³-hybridized carbons (Fsp3) is 0.545. The second kappa shape index (κ2) is 9.70. The fourth-order valence-corrected chi connectivity index (χ4v) is 5.99. The highest BCUT2D eigenvalue weighted by molar-refractivity contribution is 7.89. The van der Waals surface area contributed by atoms with Gasteiger partial charge in [0.1, 0.15) is 5.56 Å². The summed E-state index contributed by atoms with van der Waals surface area (Å²) in [6.07, 6.45) is 1.78. The number of fused-ring (bicyclic) bond motifs is 1. The van der Waals surface area contributed by atoms with Gasteiger partial charge in [-0.25, -0.2) is 8.42 Å². The maximum absolute atomic E-state index is 13.3. The predicted molar refractivity (Wildman–Crippen MR) is 121 cm³/mol. The van der Waals surface area contributed by atoms with Crippen LogP contribution in [-0.2, 0) is 26.5 Å². The average molecular weight is 466 g/mol. The van der Waals surface area contributed by atoms with E-state index in [4.69, 9.17) is 9.47 Å². The number of piperidine rings is 1. The minimum Gasteiger partial charge on any atom is -0.354 e. The van der Waals surface area contributed by atoms with E-state index in [0.29, 0.717) is 18.6 Å². The number of nitrogens with one attached hydrogen (secondary N) is 1. The predicted octanol–water partition coefficient (Wildman–Crippen LogP) is 1.55. The van der Waals surface area contributed by atoms with E-state index in [1.165, 1.54) is 36.9 Å². The first-order valence-corrected chi connectivity index (χ1v) is 12.0. The Labute approximate surface area is 188 Å². The largest absolute Gasteiger partial charge is 0.354 e. The summed E-state index contributed by atoms with van der Waals surface area (Å²) >= 11 is 0. The number of methoxy groups -OCH3 is 2. The van der Waals surface area contributed by atoms with Gasteiger partial charge in [-0.05, 0) is 36.5 Å². The number of amides is 1. The summed E-state index contributed by atoms with van der Waals surface area (Å²) < 4.78 is 39.8. The number of hydrogen-bond donors (Lipinski definition) is 1. The summed E-state index contributed by atoms with van der Waals surface area (Å²) in [6, 6.07) is 4.50. The zero-order chi connectivity index (χ0) is 23.6. The number of sulfonamides is 1. The highest BCUT2D eigenvalue weighted by atomic mass is 32.2. The molecule has 0 radical (unpaired) electrons. The molecule has 1 amide bonds. The first-order valence-electron chi connectivity index (χ1n) is 10.6. The molecule has 1 aliphatic rings. The highest BCUT2D eigenvalue weighted by Crippen LogP contribution is 2.27. The lowest BCUT2D eigenvalue weighted by Gasteiger charge is -2.34. The van der Waals surface area contributed by atoms with Crippen molar-refractivity contribution in [3.63, 3.8) is 0 Å². The number of nitrogens with zero attached hydrogens (tertiary/aromatic N) is 2. The molecule has 1 aromatic carbocycles. The van der Waals surface area contributed by atoms with Crippen molar-refractivity contribution in [1.29, 1.82) is 0 Å². The minimum absolute atomic E-state index is 0.0554. The quantitative estimate of drug-likeness (QED) is 0.622. The summed E-state index contributed by atoms with van der Waals surface area (Å²) in [5.41, 5.74) is -0.0716. The highest BCUT2D eigenvalue weighted by Gasteiger charge is 2.32. The summed E-state index contributed by atoms with van der Waals surface area (Å²) in [5.74, 6) is -0.0566. The number of carbonyl (C=O) groups is 1. The van der Waals surface area contributed by atoms with Gasteiger partial charge < -0.3 is 19.4 Å². The van der Waals surface area contributed by atoms with Crippen molar-refractivity contribution in [2.24, 2.45) is 18.9 Å². The van der Waals surface area contributed by atoms with Crippen molar-refractivity contribution >= 4 is 26.8 Å². The molecular formula is C22H31N3O6S. The molecule has 2 aromatic rings. The van der Waals surface area contributed by atoms with Crippen molar-refractivity contribution in [2.45, 2.75) is 31.5 Å². The molecule has 10 heteroatoms. The molecule has 32 heavy (non-hydrogen) atoms. The van der Waals surface area contributed by atoms with Crippen molar-refractivity contribution in [3.05, 3.63) is 40.2 Å². The second-order valence-electron chi connectivity index (χ2n) is 8.54. The molecule has 0 spiro atoms. The van der Waals surface area contributed by atoms with Crippen LogP contribution in [0.1, 0.15) is 30.6 Å². The molecule has 176 valence electrons. The molecule has 3 rings (SSSR count). The third-order valence-electron chi connectivity index (χ3n) is 5.83. The molecule has 1 aromatic heterocycles. The molecule has 0 saturated carbocycles. The van der Waals surface area contributed by atoms with E-state index in [-0.39, 0.29) is 34.2 Å². The lowest BCUT2D eigenvalue weighted by Crippen LogP contribution is -2.42. The van der Waals surface area contributed by atoms with Gasteiger partial charge in [0, 0.05) is 45.9 Å². The lowest BCUT2D eigenvalue weighted by atomic mass is 9.94. The Morgan fingerprint density at radius 2 is 1.81 bits per heavy atom. The van der Waals surface area contributed by atoms with Crippen LogP contribution in [0, 0.1) is 11.8 Å². The van der Waals surface area contributed by atoms with Crippen LogP contribution in [0.3, 0.4) is 0 Å². The molecule has 2 atom stereocenters. The minimum atomic E-state index is -3.76. The summed E-state index contributed by atoms with van der Waals surface area (Å²) in [6.45, 7) is 5.04. The Balaban J connectivity index is 2.00. The molecule has 1 aliphatic heterocycles. The molecule has 2 unspecified atom stereocenters. The van der Waals surface area contributed by atoms with E-state index < -0.39 is 27.6 Å². The van der Waals surface area contributed by atoms with Gasteiger partial charge in [-0.2, -0.15) is 4.31 Å². The Bertz CT molecular complexity index is 1150. The van der Waals surface area contributed by atoms with Gasteiger partial charge in [-0.3, -0.25) is 9.59 Å². The zero-order valence-electron chi connectivity index (χ0n) is 19.1. The van der Waals surface area contributed by atoms with E-state index in [1.54, 1.807) is 17.7 Å². The summed E-state index contributed by atoms with van der Waals surface area (Å²) in [5, 5.41) is 2.79. The third-order valence-corrected chi connectivity index (χ3v) is 7.66. The Morgan fingerprint density at radius 1 is 1.19 bits per heavy atom. The number of aromatic nitrogens is 1. The SMILES string of the molecule is COC(CNC(=O)c1cn(C)c2ccc(S(=O)(=O)N3CC(C)CC(C)C3)cc2c1=O)OC. The molecule has 9 nitrogen and oxygen atoms in total. The van der Waals surface area contributed by atoms with Gasteiger partial charge in [0.15, 0.2) is 6.29 Å². The number of rotatable bonds is 7. The van der Waals surface area contributed by atoms with Crippen LogP contribution in [0.4, 0.5) is 0 Å². The standard InChI is InChI=1S/C22H31N3O6S/c1-14-8-15(2)12-25(11-14)32(28,29)16-6-7-19-17(9-16)21(26)18(13-24(19)3)22(27)23-10-20(30-4)31-5/h6-7,9,13-15,20H,8,10-12H2,1-5H3,(H,23,27). The molecular weight excluding hydrogens is 434 g/mol. The van der Waals surface area contributed by atoms with Crippen LogP contribution in [-0.4, -0.2) is 63.3 Å². The fourth-order valence-electron chi connectivity index (χ4n) is 4.28. The van der Waals surface area contributed by atoms with Gasteiger partial charge in [-0.15, -0.1) is 0 Å². The average Bonchev–Trinajstić information content (AvgIpc) is 2.75. The van der Waals surface area contributed by atoms with Crippen LogP contribution in [0.25, 0.3) is 10.9 Å². The number of aryl methyl sites for hydroxylation is 1. The lowest BCUT2D eigenvalue weighted by molar-refractivity contribution is -0.0974. The van der Waals surface area contributed by atoms with Gasteiger partial charge in [-0.1, -0.05) is 13.8 Å². The molecule has 1 saturated heterocycles. The third kappa shape index (κ3) is 4.88. The van der Waals surface area contributed by atoms with Crippen molar-refractivity contribution in [1.82, 2.24) is 14.2 Å². The molecule has 0 bridgehead atoms. The number of hydrogen-bond acceptors (Lipinski definition) is 6. The zero-order valence-corrected chi connectivity index (χ0v) is 19.9.